The third-order valence-corrected chi connectivity index (χ3v) is 4.12. The Labute approximate surface area is 89.0 Å². The third-order valence-electron chi connectivity index (χ3n) is 2.51. The van der Waals surface area contributed by atoms with Crippen LogP contribution >= 0.6 is 23.4 Å². The highest BCUT2D eigenvalue weighted by molar-refractivity contribution is 7.99. The minimum absolute atomic E-state index is 0.153. The molecule has 13 heavy (non-hydrogen) atoms. The molecular formula is C9H16ClNOS. The first kappa shape index (κ1) is 11.2. The van der Waals surface area contributed by atoms with Crippen LogP contribution in [0, 0.1) is 5.92 Å². The van der Waals surface area contributed by atoms with Crippen molar-refractivity contribution in [1.29, 1.82) is 0 Å². The molecule has 1 saturated heterocycles. The molecule has 0 bridgehead atoms. The zero-order valence-electron chi connectivity index (χ0n) is 8.12. The van der Waals surface area contributed by atoms with Crippen LogP contribution in [-0.4, -0.2) is 41.3 Å². The van der Waals surface area contributed by atoms with Gasteiger partial charge in [-0.3, -0.25) is 4.79 Å². The highest BCUT2D eigenvalue weighted by atomic mass is 35.5. The third kappa shape index (κ3) is 2.78. The maximum Gasteiger partial charge on any atom is 0.226 e. The fourth-order valence-corrected chi connectivity index (χ4v) is 2.76. The lowest BCUT2D eigenvalue weighted by atomic mass is 10.1. The summed E-state index contributed by atoms with van der Waals surface area (Å²) in [6.45, 7) is 1.98. The average molecular weight is 222 g/mol. The predicted octanol–water partition coefficient (Wildman–Crippen LogP) is 1.83. The standard InChI is InChI=1S/C9H16ClNOS/c1-7(5-10)11(2)9(12)8-3-4-13-6-8/h7-8H,3-6H2,1-2H3. The van der Waals surface area contributed by atoms with E-state index in [9.17, 15) is 4.79 Å². The number of carbonyl (C=O) groups excluding carboxylic acids is 1. The Morgan fingerprint density at radius 3 is 2.92 bits per heavy atom. The van der Waals surface area contributed by atoms with Gasteiger partial charge in [0, 0.05) is 30.6 Å². The molecule has 4 heteroatoms. The van der Waals surface area contributed by atoms with Crippen molar-refractivity contribution < 1.29 is 4.79 Å². The Morgan fingerprint density at radius 2 is 2.46 bits per heavy atom. The first-order valence-corrected chi connectivity index (χ1v) is 6.26. The van der Waals surface area contributed by atoms with Crippen LogP contribution in [0.25, 0.3) is 0 Å². The first-order valence-electron chi connectivity index (χ1n) is 4.57. The molecule has 76 valence electrons. The van der Waals surface area contributed by atoms with Crippen LogP contribution in [0.5, 0.6) is 0 Å². The Hall–Kier alpha value is 0.110. The molecule has 0 saturated carbocycles. The zero-order valence-corrected chi connectivity index (χ0v) is 9.70. The molecule has 2 atom stereocenters. The minimum atomic E-state index is 0.153. The first-order chi connectivity index (χ1) is 6.16. The highest BCUT2D eigenvalue weighted by Gasteiger charge is 2.27. The highest BCUT2D eigenvalue weighted by Crippen LogP contribution is 2.25. The number of halogens is 1. The number of amides is 1. The molecule has 1 rings (SSSR count). The van der Waals surface area contributed by atoms with Crippen molar-refractivity contribution in [2.45, 2.75) is 19.4 Å². The quantitative estimate of drug-likeness (QED) is 0.678. The largest absolute Gasteiger partial charge is 0.342 e. The van der Waals surface area contributed by atoms with Crippen molar-refractivity contribution in [2.24, 2.45) is 5.92 Å². The number of nitrogens with zero attached hydrogens (tertiary/aromatic N) is 1. The van der Waals surface area contributed by atoms with E-state index in [0.29, 0.717) is 5.88 Å². The van der Waals surface area contributed by atoms with Crippen molar-refractivity contribution in [3.63, 3.8) is 0 Å². The lowest BCUT2D eigenvalue weighted by Crippen LogP contribution is -2.40. The monoisotopic (exact) mass is 221 g/mol. The van der Waals surface area contributed by atoms with E-state index in [4.69, 9.17) is 11.6 Å². The summed E-state index contributed by atoms with van der Waals surface area (Å²) in [5.41, 5.74) is 0. The number of hydrogen-bond donors (Lipinski definition) is 0. The zero-order chi connectivity index (χ0) is 9.84. The van der Waals surface area contributed by atoms with E-state index in [-0.39, 0.29) is 17.9 Å². The van der Waals surface area contributed by atoms with Gasteiger partial charge in [-0.2, -0.15) is 11.8 Å². The van der Waals surface area contributed by atoms with Gasteiger partial charge >= 0.3 is 0 Å². The summed E-state index contributed by atoms with van der Waals surface area (Å²) in [6, 6.07) is 0.153. The fraction of sp³-hybridized carbons (Fsp3) is 0.889. The van der Waals surface area contributed by atoms with E-state index in [2.05, 4.69) is 0 Å². The summed E-state index contributed by atoms with van der Waals surface area (Å²) in [7, 11) is 1.85. The van der Waals surface area contributed by atoms with Crippen LogP contribution in [0.4, 0.5) is 0 Å². The normalized spacial score (nSPS) is 24.4. The Balaban J connectivity index is 2.45. The lowest BCUT2D eigenvalue weighted by Gasteiger charge is -2.25. The van der Waals surface area contributed by atoms with Crippen molar-refractivity contribution in [3.05, 3.63) is 0 Å². The topological polar surface area (TPSA) is 20.3 Å². The number of thioether (sulfide) groups is 1. The molecule has 0 radical (unpaired) electrons. The molecule has 0 aromatic rings. The molecule has 2 unspecified atom stereocenters. The Kier molecular flexibility index (Phi) is 4.39. The number of carbonyl (C=O) groups is 1. The molecule has 1 fully saturated rings. The second kappa shape index (κ2) is 5.11. The van der Waals surface area contributed by atoms with Gasteiger partial charge in [-0.25, -0.2) is 0 Å². The van der Waals surface area contributed by atoms with E-state index < -0.39 is 0 Å². The van der Waals surface area contributed by atoms with Gasteiger partial charge in [-0.1, -0.05) is 0 Å². The van der Waals surface area contributed by atoms with Gasteiger partial charge in [0.25, 0.3) is 0 Å². The Bertz CT molecular complexity index is 182. The smallest absolute Gasteiger partial charge is 0.226 e. The maximum absolute atomic E-state index is 11.8. The summed E-state index contributed by atoms with van der Waals surface area (Å²) in [5.74, 6) is 3.12. The predicted molar refractivity (Wildman–Crippen MR) is 58.4 cm³/mol. The molecule has 1 aliphatic heterocycles. The van der Waals surface area contributed by atoms with Crippen molar-refractivity contribution in [2.75, 3.05) is 24.4 Å². The van der Waals surface area contributed by atoms with Gasteiger partial charge < -0.3 is 4.90 Å². The summed E-state index contributed by atoms with van der Waals surface area (Å²) >= 11 is 7.57. The lowest BCUT2D eigenvalue weighted by molar-refractivity contribution is -0.134. The van der Waals surface area contributed by atoms with Crippen LogP contribution in [0.3, 0.4) is 0 Å². The Morgan fingerprint density at radius 1 is 1.77 bits per heavy atom. The average Bonchev–Trinajstić information content (AvgIpc) is 2.67. The number of rotatable bonds is 3. The van der Waals surface area contributed by atoms with Crippen molar-refractivity contribution in [1.82, 2.24) is 4.90 Å². The SMILES string of the molecule is CC(CCl)N(C)C(=O)C1CCSC1. The van der Waals surface area contributed by atoms with Gasteiger partial charge in [0.1, 0.15) is 0 Å². The summed E-state index contributed by atoms with van der Waals surface area (Å²) < 4.78 is 0. The van der Waals surface area contributed by atoms with Crippen LogP contribution < -0.4 is 0 Å². The van der Waals surface area contributed by atoms with Gasteiger partial charge in [0.15, 0.2) is 0 Å². The van der Waals surface area contributed by atoms with Gasteiger partial charge in [-0.15, -0.1) is 11.6 Å². The number of hydrogen-bond acceptors (Lipinski definition) is 2. The minimum Gasteiger partial charge on any atom is -0.342 e. The van der Waals surface area contributed by atoms with E-state index >= 15 is 0 Å². The van der Waals surface area contributed by atoms with E-state index in [0.717, 1.165) is 17.9 Å². The molecule has 2 nitrogen and oxygen atoms in total. The molecule has 0 aliphatic carbocycles. The molecular weight excluding hydrogens is 206 g/mol. The maximum atomic E-state index is 11.8. The second-order valence-corrected chi connectivity index (χ2v) is 4.97. The molecule has 0 N–H and O–H groups in total. The van der Waals surface area contributed by atoms with E-state index in [1.807, 2.05) is 25.7 Å². The fourth-order valence-electron chi connectivity index (χ4n) is 1.34. The van der Waals surface area contributed by atoms with Gasteiger partial charge in [-0.05, 0) is 19.1 Å². The van der Waals surface area contributed by atoms with Crippen LogP contribution in [0.1, 0.15) is 13.3 Å². The van der Waals surface area contributed by atoms with E-state index in [1.54, 1.807) is 4.90 Å². The molecule has 0 spiro atoms. The van der Waals surface area contributed by atoms with Crippen molar-refractivity contribution >= 4 is 29.3 Å². The molecule has 0 aromatic heterocycles. The molecule has 1 aliphatic rings. The van der Waals surface area contributed by atoms with E-state index in [1.165, 1.54) is 0 Å². The van der Waals surface area contributed by atoms with Crippen molar-refractivity contribution in [3.8, 4) is 0 Å². The van der Waals surface area contributed by atoms with Crippen LogP contribution in [0.15, 0.2) is 0 Å². The summed E-state index contributed by atoms with van der Waals surface area (Å²) in [5, 5.41) is 0. The molecule has 1 amide bonds. The van der Waals surface area contributed by atoms with Gasteiger partial charge in [0.05, 0.1) is 0 Å². The number of alkyl halides is 1. The molecule has 0 aromatic carbocycles. The summed E-state index contributed by atoms with van der Waals surface area (Å²) in [6.07, 6.45) is 1.03. The van der Waals surface area contributed by atoms with Crippen LogP contribution in [-0.2, 0) is 4.79 Å². The second-order valence-electron chi connectivity index (χ2n) is 3.51. The van der Waals surface area contributed by atoms with Crippen LogP contribution in [0.2, 0.25) is 0 Å². The molecule has 1 heterocycles. The van der Waals surface area contributed by atoms with Gasteiger partial charge in [0.2, 0.25) is 5.91 Å². The summed E-state index contributed by atoms with van der Waals surface area (Å²) in [4.78, 5) is 13.6.